The van der Waals surface area contributed by atoms with E-state index in [0.29, 0.717) is 19.8 Å². The third-order valence-corrected chi connectivity index (χ3v) is 6.67. The number of carboxylic acid groups (broad SMARTS) is 1. The van der Waals surface area contributed by atoms with Gasteiger partial charge in [-0.05, 0) is 60.9 Å². The van der Waals surface area contributed by atoms with E-state index >= 15 is 0 Å². The molecule has 0 bridgehead atoms. The molecule has 7 heteroatoms. The number of pyridine rings is 1. The van der Waals surface area contributed by atoms with E-state index in [1.165, 1.54) is 12.1 Å². The third-order valence-electron chi connectivity index (χ3n) is 6.67. The van der Waals surface area contributed by atoms with Crippen LogP contribution in [0.5, 0.6) is 0 Å². The summed E-state index contributed by atoms with van der Waals surface area (Å²) in [5, 5.41) is 9.38. The first-order chi connectivity index (χ1) is 16.6. The molecule has 2 aromatic heterocycles. The van der Waals surface area contributed by atoms with E-state index in [9.17, 15) is 14.3 Å². The largest absolute Gasteiger partial charge is 0.478 e. The van der Waals surface area contributed by atoms with Crippen molar-refractivity contribution >= 4 is 23.2 Å². The molecule has 34 heavy (non-hydrogen) atoms. The number of nitrogens with zero attached hydrogens (tertiary/aromatic N) is 3. The number of carbonyl (C=O) groups is 1. The van der Waals surface area contributed by atoms with Crippen LogP contribution in [0, 0.1) is 5.82 Å². The van der Waals surface area contributed by atoms with Gasteiger partial charge in [0, 0.05) is 47.9 Å². The van der Waals surface area contributed by atoms with Gasteiger partial charge in [-0.1, -0.05) is 12.1 Å². The van der Waals surface area contributed by atoms with Crippen LogP contribution < -0.4 is 0 Å². The summed E-state index contributed by atoms with van der Waals surface area (Å²) in [5.74, 6) is -1.04. The molecule has 6 rings (SSSR count). The van der Waals surface area contributed by atoms with Crippen LogP contribution in [0.25, 0.3) is 27.8 Å². The normalized spacial score (nSPS) is 15.7. The summed E-state index contributed by atoms with van der Waals surface area (Å²) in [6.07, 6.45) is 3.57. The van der Waals surface area contributed by atoms with Crippen molar-refractivity contribution in [2.24, 2.45) is 4.99 Å². The molecule has 0 amide bonds. The van der Waals surface area contributed by atoms with Gasteiger partial charge in [0.25, 0.3) is 0 Å². The lowest BCUT2D eigenvalue weighted by atomic mass is 9.90. The van der Waals surface area contributed by atoms with Crippen LogP contribution in [0.15, 0.2) is 59.6 Å². The van der Waals surface area contributed by atoms with Crippen molar-refractivity contribution < 1.29 is 19.0 Å². The Morgan fingerprint density at radius 3 is 2.50 bits per heavy atom. The van der Waals surface area contributed by atoms with Crippen molar-refractivity contribution in [3.63, 3.8) is 0 Å². The molecular formula is C27H22FN3O3. The van der Waals surface area contributed by atoms with E-state index in [0.717, 1.165) is 57.6 Å². The fraction of sp³-hybridized carbons (Fsp3) is 0.222. The summed E-state index contributed by atoms with van der Waals surface area (Å²) in [6.45, 7) is 1.88. The van der Waals surface area contributed by atoms with Crippen LogP contribution in [-0.4, -0.2) is 40.1 Å². The molecule has 1 fully saturated rings. The summed E-state index contributed by atoms with van der Waals surface area (Å²) >= 11 is 0. The first-order valence-electron chi connectivity index (χ1n) is 11.4. The Bertz CT molecular complexity index is 1430. The van der Waals surface area contributed by atoms with E-state index in [1.54, 1.807) is 24.3 Å². The number of hydrogen-bond donors (Lipinski definition) is 1. The molecule has 2 aromatic carbocycles. The standard InChI is InChI=1S/C27H22FN3O3/c28-20-5-7-21(8-6-20)31-23-13-19-14-29-15-22(19)30-25(23)24(26(31)17-9-11-34-12-10-17)16-1-3-18(4-2-16)27(32)33/h1-8,13-14,17H,9-12,15H2,(H,32,33). The maximum atomic E-state index is 13.8. The van der Waals surface area contributed by atoms with E-state index in [1.807, 2.05) is 18.3 Å². The highest BCUT2D eigenvalue weighted by Crippen LogP contribution is 2.43. The maximum absolute atomic E-state index is 13.8. The molecule has 2 aliphatic heterocycles. The Hall–Kier alpha value is -3.84. The van der Waals surface area contributed by atoms with E-state index in [-0.39, 0.29) is 17.3 Å². The van der Waals surface area contributed by atoms with Gasteiger partial charge in [0.2, 0.25) is 0 Å². The molecule has 0 radical (unpaired) electrons. The number of aliphatic imine (C=N–C) groups is 1. The number of rotatable bonds is 4. The van der Waals surface area contributed by atoms with Crippen LogP contribution in [0.3, 0.4) is 0 Å². The Labute approximate surface area is 195 Å². The van der Waals surface area contributed by atoms with E-state index in [4.69, 9.17) is 9.72 Å². The molecule has 1 N–H and O–H groups in total. The van der Waals surface area contributed by atoms with Crippen LogP contribution in [0.1, 0.15) is 46.1 Å². The van der Waals surface area contributed by atoms with Gasteiger partial charge in [0.15, 0.2) is 0 Å². The molecule has 0 unspecified atom stereocenters. The van der Waals surface area contributed by atoms with Crippen molar-refractivity contribution in [2.45, 2.75) is 25.3 Å². The molecule has 4 aromatic rings. The van der Waals surface area contributed by atoms with E-state index < -0.39 is 5.97 Å². The van der Waals surface area contributed by atoms with Crippen molar-refractivity contribution in [3.05, 3.63) is 82.9 Å². The number of fused-ring (bicyclic) bond motifs is 2. The van der Waals surface area contributed by atoms with Crippen LogP contribution >= 0.6 is 0 Å². The minimum Gasteiger partial charge on any atom is -0.478 e. The molecule has 1 saturated heterocycles. The fourth-order valence-corrected chi connectivity index (χ4v) is 5.03. The molecule has 0 atom stereocenters. The highest BCUT2D eigenvalue weighted by Gasteiger charge is 2.29. The highest BCUT2D eigenvalue weighted by atomic mass is 19.1. The fourth-order valence-electron chi connectivity index (χ4n) is 5.03. The number of ether oxygens (including phenoxy) is 1. The van der Waals surface area contributed by atoms with Gasteiger partial charge in [-0.15, -0.1) is 0 Å². The zero-order valence-electron chi connectivity index (χ0n) is 18.4. The van der Waals surface area contributed by atoms with Crippen LogP contribution in [-0.2, 0) is 11.3 Å². The third kappa shape index (κ3) is 3.40. The number of aromatic nitrogens is 2. The summed E-state index contributed by atoms with van der Waals surface area (Å²) < 4.78 is 21.7. The van der Waals surface area contributed by atoms with Gasteiger partial charge >= 0.3 is 5.97 Å². The topological polar surface area (TPSA) is 76.7 Å². The molecule has 4 heterocycles. The molecule has 0 saturated carbocycles. The molecule has 6 nitrogen and oxygen atoms in total. The second-order valence-corrected chi connectivity index (χ2v) is 8.70. The summed E-state index contributed by atoms with van der Waals surface area (Å²) in [6, 6.07) is 15.6. The lowest BCUT2D eigenvalue weighted by Gasteiger charge is -2.25. The first-order valence-corrected chi connectivity index (χ1v) is 11.4. The molecule has 0 spiro atoms. The number of aromatic carboxylic acids is 1. The smallest absolute Gasteiger partial charge is 0.335 e. The Morgan fingerprint density at radius 1 is 1.06 bits per heavy atom. The molecule has 0 aliphatic carbocycles. The van der Waals surface area contributed by atoms with E-state index in [2.05, 4.69) is 15.6 Å². The maximum Gasteiger partial charge on any atom is 0.335 e. The molecule has 2 aliphatic rings. The summed E-state index contributed by atoms with van der Waals surface area (Å²) in [4.78, 5) is 20.9. The van der Waals surface area contributed by atoms with Gasteiger partial charge in [-0.3, -0.25) is 4.99 Å². The number of halogens is 1. The van der Waals surface area contributed by atoms with Crippen molar-refractivity contribution in [2.75, 3.05) is 13.2 Å². The van der Waals surface area contributed by atoms with Gasteiger partial charge in [-0.2, -0.15) is 0 Å². The number of carboxylic acids is 1. The summed E-state index contributed by atoms with van der Waals surface area (Å²) in [5.41, 5.74) is 7.77. The average molecular weight is 455 g/mol. The monoisotopic (exact) mass is 455 g/mol. The van der Waals surface area contributed by atoms with Gasteiger partial charge in [0.1, 0.15) is 5.82 Å². The van der Waals surface area contributed by atoms with Gasteiger partial charge < -0.3 is 14.4 Å². The van der Waals surface area contributed by atoms with Crippen molar-refractivity contribution in [1.29, 1.82) is 0 Å². The second kappa shape index (κ2) is 8.18. The minimum atomic E-state index is -0.960. The first kappa shape index (κ1) is 20.7. The lowest BCUT2D eigenvalue weighted by Crippen LogP contribution is -2.17. The predicted octanol–water partition coefficient (Wildman–Crippen LogP) is 5.36. The SMILES string of the molecule is O=C(O)c1ccc(-c2c(C3CCOCC3)n(-c3ccc(F)cc3)c3cc4c(nc23)CN=C4)cc1. The lowest BCUT2D eigenvalue weighted by molar-refractivity contribution is 0.0697. The Kier molecular flexibility index (Phi) is 4.99. The Balaban J connectivity index is 1.69. The molecule has 170 valence electrons. The zero-order valence-corrected chi connectivity index (χ0v) is 18.4. The van der Waals surface area contributed by atoms with Crippen LogP contribution in [0.4, 0.5) is 4.39 Å². The number of hydrogen-bond acceptors (Lipinski definition) is 4. The summed E-state index contributed by atoms with van der Waals surface area (Å²) in [7, 11) is 0. The van der Waals surface area contributed by atoms with Crippen LogP contribution in [0.2, 0.25) is 0 Å². The van der Waals surface area contributed by atoms with Gasteiger partial charge in [-0.25, -0.2) is 14.2 Å². The second-order valence-electron chi connectivity index (χ2n) is 8.70. The quantitative estimate of drug-likeness (QED) is 0.450. The zero-order chi connectivity index (χ0) is 23.2. The van der Waals surface area contributed by atoms with Gasteiger partial charge in [0.05, 0.1) is 28.8 Å². The average Bonchev–Trinajstić information content (AvgIpc) is 3.45. The predicted molar refractivity (Wildman–Crippen MR) is 128 cm³/mol. The Morgan fingerprint density at radius 2 is 1.79 bits per heavy atom. The number of benzene rings is 2. The highest BCUT2D eigenvalue weighted by molar-refractivity contribution is 6.00. The minimum absolute atomic E-state index is 0.214. The van der Waals surface area contributed by atoms with Crippen molar-refractivity contribution in [3.8, 4) is 16.8 Å². The molecular weight excluding hydrogens is 433 g/mol. The van der Waals surface area contributed by atoms with Crippen molar-refractivity contribution in [1.82, 2.24) is 9.55 Å².